The molecule has 3 nitrogen and oxygen atoms in total. The van der Waals surface area contributed by atoms with Crippen LogP contribution in [-0.2, 0) is 0 Å². The zero-order chi connectivity index (χ0) is 14.2. The van der Waals surface area contributed by atoms with Crippen LogP contribution in [0.15, 0.2) is 24.3 Å². The number of hydrogen-bond acceptors (Lipinski definition) is 3. The first-order valence-corrected chi connectivity index (χ1v) is 7.90. The number of hydrogen-bond donors (Lipinski definition) is 1. The van der Waals surface area contributed by atoms with Gasteiger partial charge in [-0.25, -0.2) is 0 Å². The molecule has 1 saturated carbocycles. The van der Waals surface area contributed by atoms with E-state index in [9.17, 15) is 0 Å². The van der Waals surface area contributed by atoms with E-state index in [0.717, 1.165) is 30.9 Å². The summed E-state index contributed by atoms with van der Waals surface area (Å²) in [6.07, 6.45) is 7.55. The van der Waals surface area contributed by atoms with Gasteiger partial charge in [0.05, 0.1) is 6.61 Å². The summed E-state index contributed by atoms with van der Waals surface area (Å²) in [5.74, 6) is 1.87. The molecule has 0 bridgehead atoms. The third-order valence-corrected chi connectivity index (χ3v) is 3.91. The van der Waals surface area contributed by atoms with Gasteiger partial charge < -0.3 is 14.8 Å². The van der Waals surface area contributed by atoms with Crippen LogP contribution in [0.2, 0.25) is 0 Å². The van der Waals surface area contributed by atoms with E-state index >= 15 is 0 Å². The normalized spacial score (nSPS) is 23.1. The summed E-state index contributed by atoms with van der Waals surface area (Å²) in [6, 6.07) is 8.49. The van der Waals surface area contributed by atoms with Gasteiger partial charge >= 0.3 is 0 Å². The summed E-state index contributed by atoms with van der Waals surface area (Å²) in [5.41, 5.74) is 0. The van der Waals surface area contributed by atoms with E-state index in [1.807, 2.05) is 31.3 Å². The molecule has 0 heterocycles. The van der Waals surface area contributed by atoms with Crippen molar-refractivity contribution in [1.29, 1.82) is 0 Å². The van der Waals surface area contributed by atoms with E-state index in [0.29, 0.717) is 6.04 Å². The molecule has 1 fully saturated rings. The lowest BCUT2D eigenvalue weighted by atomic mass is 10.1. The molecule has 0 aromatic heterocycles. The standard InChI is InChI=1S/C17H27NO2/c1-3-13-19-14-9-11-15(12-10-14)20-17-8-6-4-5-7-16(17)18-2/h9-12,16-18H,3-8,13H2,1-2H3. The van der Waals surface area contributed by atoms with Crippen molar-refractivity contribution in [3.63, 3.8) is 0 Å². The van der Waals surface area contributed by atoms with Gasteiger partial charge in [0, 0.05) is 6.04 Å². The molecule has 0 aliphatic heterocycles. The third kappa shape index (κ3) is 4.41. The Morgan fingerprint density at radius 3 is 2.45 bits per heavy atom. The highest BCUT2D eigenvalue weighted by molar-refractivity contribution is 5.31. The van der Waals surface area contributed by atoms with Gasteiger partial charge in [0.25, 0.3) is 0 Å². The zero-order valence-electron chi connectivity index (χ0n) is 12.7. The maximum Gasteiger partial charge on any atom is 0.120 e. The molecule has 0 radical (unpaired) electrons. The Labute approximate surface area is 122 Å². The predicted octanol–water partition coefficient (Wildman–Crippen LogP) is 3.77. The zero-order valence-corrected chi connectivity index (χ0v) is 12.7. The van der Waals surface area contributed by atoms with Crippen molar-refractivity contribution in [2.24, 2.45) is 0 Å². The van der Waals surface area contributed by atoms with Gasteiger partial charge in [-0.1, -0.05) is 19.8 Å². The average molecular weight is 277 g/mol. The first-order chi connectivity index (χ1) is 9.83. The van der Waals surface area contributed by atoms with Crippen LogP contribution in [0.25, 0.3) is 0 Å². The Hall–Kier alpha value is -1.22. The monoisotopic (exact) mass is 277 g/mol. The number of ether oxygens (including phenoxy) is 2. The van der Waals surface area contributed by atoms with E-state index in [1.54, 1.807) is 0 Å². The van der Waals surface area contributed by atoms with Crippen LogP contribution >= 0.6 is 0 Å². The largest absolute Gasteiger partial charge is 0.494 e. The van der Waals surface area contributed by atoms with Crippen LogP contribution in [0.4, 0.5) is 0 Å². The molecular weight excluding hydrogens is 250 g/mol. The van der Waals surface area contributed by atoms with Crippen molar-refractivity contribution in [3.05, 3.63) is 24.3 Å². The molecule has 1 aliphatic carbocycles. The van der Waals surface area contributed by atoms with Gasteiger partial charge in [-0.15, -0.1) is 0 Å². The second kappa shape index (κ2) is 8.15. The van der Waals surface area contributed by atoms with Crippen LogP contribution in [0.1, 0.15) is 45.4 Å². The van der Waals surface area contributed by atoms with Crippen LogP contribution in [0, 0.1) is 0 Å². The number of likely N-dealkylation sites (N-methyl/N-ethyl adjacent to an activating group) is 1. The maximum absolute atomic E-state index is 6.18. The molecule has 1 aromatic rings. The minimum absolute atomic E-state index is 0.282. The van der Waals surface area contributed by atoms with E-state index in [1.165, 1.54) is 25.7 Å². The average Bonchev–Trinajstić information content (AvgIpc) is 2.71. The lowest BCUT2D eigenvalue weighted by molar-refractivity contribution is 0.148. The van der Waals surface area contributed by atoms with Crippen LogP contribution in [0.5, 0.6) is 11.5 Å². The molecule has 0 spiro atoms. The molecule has 1 N–H and O–H groups in total. The van der Waals surface area contributed by atoms with Gasteiger partial charge in [0.2, 0.25) is 0 Å². The summed E-state index contributed by atoms with van der Waals surface area (Å²) < 4.78 is 11.8. The molecule has 0 saturated heterocycles. The van der Waals surface area contributed by atoms with Crippen molar-refractivity contribution >= 4 is 0 Å². The van der Waals surface area contributed by atoms with Gasteiger partial charge in [0.1, 0.15) is 17.6 Å². The SMILES string of the molecule is CCCOc1ccc(OC2CCCCCC2NC)cc1. The van der Waals surface area contributed by atoms with Crippen molar-refractivity contribution in [2.75, 3.05) is 13.7 Å². The Bertz CT molecular complexity index is 377. The topological polar surface area (TPSA) is 30.5 Å². The maximum atomic E-state index is 6.18. The minimum atomic E-state index is 0.282. The molecule has 1 aliphatic rings. The van der Waals surface area contributed by atoms with Gasteiger partial charge in [-0.2, -0.15) is 0 Å². The molecule has 112 valence electrons. The molecule has 0 amide bonds. The molecule has 2 atom stereocenters. The fraction of sp³-hybridized carbons (Fsp3) is 0.647. The van der Waals surface area contributed by atoms with Gasteiger partial charge in [-0.05, 0) is 57.0 Å². The third-order valence-electron chi connectivity index (χ3n) is 3.91. The highest BCUT2D eigenvalue weighted by Gasteiger charge is 2.23. The summed E-state index contributed by atoms with van der Waals surface area (Å²) in [5, 5.41) is 3.40. The Kier molecular flexibility index (Phi) is 6.19. The Balaban J connectivity index is 1.93. The van der Waals surface area contributed by atoms with E-state index in [-0.39, 0.29) is 6.10 Å². The predicted molar refractivity (Wildman–Crippen MR) is 82.6 cm³/mol. The summed E-state index contributed by atoms with van der Waals surface area (Å²) in [6.45, 7) is 2.88. The smallest absolute Gasteiger partial charge is 0.120 e. The molecule has 20 heavy (non-hydrogen) atoms. The van der Waals surface area contributed by atoms with Crippen molar-refractivity contribution in [3.8, 4) is 11.5 Å². The number of rotatable bonds is 6. The summed E-state index contributed by atoms with van der Waals surface area (Å²) >= 11 is 0. The number of benzene rings is 1. The van der Waals surface area contributed by atoms with Crippen molar-refractivity contribution in [1.82, 2.24) is 5.32 Å². The van der Waals surface area contributed by atoms with Crippen LogP contribution in [0.3, 0.4) is 0 Å². The van der Waals surface area contributed by atoms with E-state index in [4.69, 9.17) is 9.47 Å². The molecule has 2 unspecified atom stereocenters. The Morgan fingerprint density at radius 2 is 1.75 bits per heavy atom. The quantitative estimate of drug-likeness (QED) is 0.803. The lowest BCUT2D eigenvalue weighted by Crippen LogP contribution is -2.40. The summed E-state index contributed by atoms with van der Waals surface area (Å²) in [7, 11) is 2.04. The highest BCUT2D eigenvalue weighted by Crippen LogP contribution is 2.24. The second-order valence-electron chi connectivity index (χ2n) is 5.51. The molecule has 3 heteroatoms. The van der Waals surface area contributed by atoms with Crippen molar-refractivity contribution in [2.45, 2.75) is 57.6 Å². The Morgan fingerprint density at radius 1 is 1.05 bits per heavy atom. The molecular formula is C17H27NO2. The van der Waals surface area contributed by atoms with E-state index in [2.05, 4.69) is 12.2 Å². The number of nitrogens with one attached hydrogen (secondary N) is 1. The summed E-state index contributed by atoms with van der Waals surface area (Å²) in [4.78, 5) is 0. The molecule has 2 rings (SSSR count). The first-order valence-electron chi connectivity index (χ1n) is 7.90. The highest BCUT2D eigenvalue weighted by atomic mass is 16.5. The van der Waals surface area contributed by atoms with Crippen molar-refractivity contribution < 1.29 is 9.47 Å². The van der Waals surface area contributed by atoms with E-state index < -0.39 is 0 Å². The minimum Gasteiger partial charge on any atom is -0.494 e. The van der Waals surface area contributed by atoms with Gasteiger partial charge in [-0.3, -0.25) is 0 Å². The van der Waals surface area contributed by atoms with Crippen LogP contribution < -0.4 is 14.8 Å². The fourth-order valence-electron chi connectivity index (χ4n) is 2.75. The first kappa shape index (κ1) is 15.2. The van der Waals surface area contributed by atoms with Crippen LogP contribution in [-0.4, -0.2) is 25.8 Å². The second-order valence-corrected chi connectivity index (χ2v) is 5.51. The lowest BCUT2D eigenvalue weighted by Gasteiger charge is -2.25. The molecule has 1 aromatic carbocycles. The van der Waals surface area contributed by atoms with Gasteiger partial charge in [0.15, 0.2) is 0 Å². The fourth-order valence-corrected chi connectivity index (χ4v) is 2.75.